The molecule has 35 heavy (non-hydrogen) atoms. The number of rotatable bonds is 6. The van der Waals surface area contributed by atoms with Crippen LogP contribution in [0.5, 0.6) is 0 Å². The van der Waals surface area contributed by atoms with Crippen LogP contribution in [0.15, 0.2) is 59.2 Å². The lowest BCUT2D eigenvalue weighted by Crippen LogP contribution is -2.50. The highest BCUT2D eigenvalue weighted by Crippen LogP contribution is 2.24. The molecule has 1 saturated heterocycles. The molecule has 1 unspecified atom stereocenters. The number of piperazine rings is 1. The third-order valence-electron chi connectivity index (χ3n) is 5.98. The van der Waals surface area contributed by atoms with Gasteiger partial charge >= 0.3 is 0 Å². The van der Waals surface area contributed by atoms with E-state index in [9.17, 15) is 17.6 Å². The third kappa shape index (κ3) is 4.68. The van der Waals surface area contributed by atoms with E-state index in [-0.39, 0.29) is 15.9 Å². The molecule has 1 aromatic carbocycles. The molecule has 1 amide bonds. The van der Waals surface area contributed by atoms with Crippen LogP contribution in [0.4, 0.5) is 15.2 Å². The average Bonchev–Trinajstić information content (AvgIpc) is 3.52. The van der Waals surface area contributed by atoms with Gasteiger partial charge in [-0.1, -0.05) is 11.3 Å². The lowest BCUT2D eigenvalue weighted by atomic mass is 10.2. The molecule has 13 heteroatoms. The van der Waals surface area contributed by atoms with E-state index in [2.05, 4.69) is 24.8 Å². The fourth-order valence-electron chi connectivity index (χ4n) is 4.13. The Kier molecular flexibility index (Phi) is 6.11. The Hall–Kier alpha value is -3.58. The first kappa shape index (κ1) is 23.2. The summed E-state index contributed by atoms with van der Waals surface area (Å²) in [6.45, 7) is 4.10. The summed E-state index contributed by atoms with van der Waals surface area (Å²) in [5.74, 6) is -0.443. The lowest BCUT2D eigenvalue weighted by Gasteiger charge is -2.37. The fourth-order valence-corrected chi connectivity index (χ4v) is 5.82. The second-order valence-corrected chi connectivity index (χ2v) is 10.6. The average molecular weight is 516 g/mol. The van der Waals surface area contributed by atoms with Gasteiger partial charge in [0.1, 0.15) is 23.0 Å². The quantitative estimate of drug-likeness (QED) is 0.420. The normalized spacial score (nSPS) is 15.4. The summed E-state index contributed by atoms with van der Waals surface area (Å²) in [5.41, 5.74) is 2.90. The molecule has 0 spiro atoms. The van der Waals surface area contributed by atoms with Gasteiger partial charge in [-0.2, -0.15) is 0 Å². The van der Waals surface area contributed by atoms with E-state index < -0.39 is 21.9 Å². The summed E-state index contributed by atoms with van der Waals surface area (Å²) in [7, 11) is -3.74. The van der Waals surface area contributed by atoms with E-state index in [4.69, 9.17) is 0 Å². The fraction of sp³-hybridized carbons (Fsp3) is 0.273. The van der Waals surface area contributed by atoms with E-state index in [1.54, 1.807) is 46.0 Å². The number of amides is 1. The second-order valence-electron chi connectivity index (χ2n) is 8.12. The van der Waals surface area contributed by atoms with Gasteiger partial charge in [-0.15, -0.1) is 10.2 Å². The molecule has 0 bridgehead atoms. The predicted molar refractivity (Wildman–Crippen MR) is 130 cm³/mol. The SMILES string of the molecule is CC(C(=O)N1CCN(c2ccc(S(=O)(=O)Nc3nncs3)cc2)CC1)n1ccc2cc(F)cnc21. The first-order chi connectivity index (χ1) is 16.8. The van der Waals surface area contributed by atoms with Gasteiger partial charge in [-0.25, -0.2) is 17.8 Å². The Morgan fingerprint density at radius 1 is 1.14 bits per heavy atom. The molecule has 10 nitrogen and oxygen atoms in total. The third-order valence-corrected chi connectivity index (χ3v) is 8.07. The van der Waals surface area contributed by atoms with Crippen LogP contribution in [0.2, 0.25) is 0 Å². The molecule has 1 fully saturated rings. The number of sulfonamides is 1. The van der Waals surface area contributed by atoms with Crippen LogP contribution in [0.25, 0.3) is 11.0 Å². The standard InChI is InChI=1S/C22H22FN7O3S2/c1-15(30-7-6-16-12-17(23)13-24-20(16)30)21(31)29-10-8-28(9-11-29)18-2-4-19(5-3-18)35(32,33)27-22-26-25-14-34-22/h2-7,12-15H,8-11H2,1H3,(H,26,27). The number of aromatic nitrogens is 4. The molecule has 0 aliphatic carbocycles. The monoisotopic (exact) mass is 515 g/mol. The molecule has 1 N–H and O–H groups in total. The molecule has 182 valence electrons. The van der Waals surface area contributed by atoms with Crippen molar-refractivity contribution in [1.29, 1.82) is 0 Å². The number of nitrogens with zero attached hydrogens (tertiary/aromatic N) is 6. The second kappa shape index (κ2) is 9.23. The smallest absolute Gasteiger partial charge is 0.263 e. The molecular weight excluding hydrogens is 493 g/mol. The number of benzene rings is 1. The van der Waals surface area contributed by atoms with Gasteiger partial charge in [0.05, 0.1) is 11.1 Å². The maximum Gasteiger partial charge on any atom is 0.263 e. The van der Waals surface area contributed by atoms with Gasteiger partial charge < -0.3 is 14.4 Å². The van der Waals surface area contributed by atoms with Crippen LogP contribution < -0.4 is 9.62 Å². The molecule has 1 aliphatic heterocycles. The van der Waals surface area contributed by atoms with Gasteiger partial charge in [0.15, 0.2) is 0 Å². The van der Waals surface area contributed by atoms with Gasteiger partial charge in [0.2, 0.25) is 11.0 Å². The van der Waals surface area contributed by atoms with E-state index in [0.717, 1.165) is 23.2 Å². The number of anilines is 2. The Labute approximate surface area is 205 Å². The minimum atomic E-state index is -3.74. The highest BCUT2D eigenvalue weighted by atomic mass is 32.2. The van der Waals surface area contributed by atoms with Crippen molar-refractivity contribution in [2.45, 2.75) is 17.9 Å². The van der Waals surface area contributed by atoms with Crippen molar-refractivity contribution < 1.29 is 17.6 Å². The van der Waals surface area contributed by atoms with Crippen LogP contribution in [0.3, 0.4) is 0 Å². The molecule has 3 aromatic heterocycles. The van der Waals surface area contributed by atoms with E-state index in [1.165, 1.54) is 11.6 Å². The summed E-state index contributed by atoms with van der Waals surface area (Å²) in [6.07, 6.45) is 2.91. The van der Waals surface area contributed by atoms with Crippen molar-refractivity contribution in [3.8, 4) is 0 Å². The first-order valence-corrected chi connectivity index (χ1v) is 13.2. The maximum atomic E-state index is 13.4. The summed E-state index contributed by atoms with van der Waals surface area (Å²) in [4.78, 5) is 21.3. The van der Waals surface area contributed by atoms with Gasteiger partial charge in [0.25, 0.3) is 10.0 Å². The lowest BCUT2D eigenvalue weighted by molar-refractivity contribution is -0.134. The van der Waals surface area contributed by atoms with E-state index in [0.29, 0.717) is 37.2 Å². The van der Waals surface area contributed by atoms with Crippen molar-refractivity contribution >= 4 is 49.1 Å². The van der Waals surface area contributed by atoms with Crippen molar-refractivity contribution in [3.05, 3.63) is 60.1 Å². The largest absolute Gasteiger partial charge is 0.368 e. The van der Waals surface area contributed by atoms with Crippen molar-refractivity contribution in [2.75, 3.05) is 35.8 Å². The molecule has 4 heterocycles. The number of hydrogen-bond acceptors (Lipinski definition) is 8. The van der Waals surface area contributed by atoms with Crippen molar-refractivity contribution in [3.63, 3.8) is 0 Å². The molecule has 5 rings (SSSR count). The highest BCUT2D eigenvalue weighted by molar-refractivity contribution is 7.93. The van der Waals surface area contributed by atoms with Gasteiger partial charge in [-0.3, -0.25) is 9.52 Å². The van der Waals surface area contributed by atoms with Crippen LogP contribution in [-0.4, -0.2) is 65.2 Å². The highest BCUT2D eigenvalue weighted by Gasteiger charge is 2.27. The number of carbonyl (C=O) groups excluding carboxylic acids is 1. The zero-order chi connectivity index (χ0) is 24.6. The van der Waals surface area contributed by atoms with Crippen LogP contribution >= 0.6 is 11.3 Å². The molecule has 0 radical (unpaired) electrons. The number of carbonyl (C=O) groups is 1. The Morgan fingerprint density at radius 2 is 1.89 bits per heavy atom. The predicted octanol–water partition coefficient (Wildman–Crippen LogP) is 2.74. The molecule has 1 aliphatic rings. The number of fused-ring (bicyclic) bond motifs is 1. The van der Waals surface area contributed by atoms with Crippen LogP contribution in [0.1, 0.15) is 13.0 Å². The Balaban J connectivity index is 1.21. The van der Waals surface area contributed by atoms with Crippen LogP contribution in [-0.2, 0) is 14.8 Å². The summed E-state index contributed by atoms with van der Waals surface area (Å²) in [6, 6.07) is 9.29. The van der Waals surface area contributed by atoms with E-state index >= 15 is 0 Å². The van der Waals surface area contributed by atoms with Gasteiger partial charge in [-0.05, 0) is 43.3 Å². The molecule has 4 aromatic rings. The number of pyridine rings is 1. The first-order valence-electron chi connectivity index (χ1n) is 10.9. The van der Waals surface area contributed by atoms with E-state index in [1.807, 2.05) is 6.92 Å². The summed E-state index contributed by atoms with van der Waals surface area (Å²) < 4.78 is 42.6. The topological polar surface area (TPSA) is 113 Å². The number of hydrogen-bond donors (Lipinski definition) is 1. The minimum absolute atomic E-state index is 0.0301. The van der Waals surface area contributed by atoms with Crippen LogP contribution in [0, 0.1) is 5.82 Å². The van der Waals surface area contributed by atoms with Gasteiger partial charge in [0, 0.05) is 43.4 Å². The Morgan fingerprint density at radius 3 is 2.57 bits per heavy atom. The summed E-state index contributed by atoms with van der Waals surface area (Å²) in [5, 5.41) is 8.19. The number of halogens is 1. The zero-order valence-corrected chi connectivity index (χ0v) is 20.3. The minimum Gasteiger partial charge on any atom is -0.368 e. The maximum absolute atomic E-state index is 13.4. The van der Waals surface area contributed by atoms with Crippen molar-refractivity contribution in [2.24, 2.45) is 0 Å². The molecule has 1 atom stereocenters. The molecule has 0 saturated carbocycles. The molecular formula is C22H22FN7O3S2. The van der Waals surface area contributed by atoms with Crippen molar-refractivity contribution in [1.82, 2.24) is 24.6 Å². The zero-order valence-electron chi connectivity index (χ0n) is 18.7. The number of nitrogens with one attached hydrogen (secondary N) is 1. The summed E-state index contributed by atoms with van der Waals surface area (Å²) >= 11 is 1.10. The Bertz CT molecular complexity index is 1450.